The zero-order valence-corrected chi connectivity index (χ0v) is 18.9. The van der Waals surface area contributed by atoms with Crippen molar-refractivity contribution in [3.05, 3.63) is 63.6 Å². The monoisotopic (exact) mass is 435 g/mol. The molecule has 0 fully saturated rings. The molecule has 29 heavy (non-hydrogen) atoms. The Bertz CT molecular complexity index is 850. The van der Waals surface area contributed by atoms with Crippen molar-refractivity contribution in [2.24, 2.45) is 0 Å². The number of methoxy groups -OCH3 is 1. The van der Waals surface area contributed by atoms with Gasteiger partial charge in [0.2, 0.25) is 5.91 Å². The second kappa shape index (κ2) is 10.6. The van der Waals surface area contributed by atoms with E-state index in [1.807, 2.05) is 44.7 Å². The summed E-state index contributed by atoms with van der Waals surface area (Å²) in [7, 11) is 1.57. The van der Waals surface area contributed by atoms with Crippen LogP contribution in [-0.2, 0) is 11.4 Å². The lowest BCUT2D eigenvalue weighted by atomic mass is 10.1. The summed E-state index contributed by atoms with van der Waals surface area (Å²) in [5.41, 5.74) is 1.56. The second-order valence-corrected chi connectivity index (χ2v) is 7.98. The number of carbonyl (C=O) groups excluding carboxylic acids is 1. The van der Waals surface area contributed by atoms with Crippen LogP contribution in [0.1, 0.15) is 38.8 Å². The third-order valence-electron chi connectivity index (χ3n) is 4.41. The van der Waals surface area contributed by atoms with Crippen LogP contribution in [0.2, 0.25) is 10.0 Å². The summed E-state index contributed by atoms with van der Waals surface area (Å²) in [6.07, 6.45) is 3.36. The largest absolute Gasteiger partial charge is 0.493 e. The molecule has 0 N–H and O–H groups in total. The van der Waals surface area contributed by atoms with Crippen molar-refractivity contribution in [3.8, 4) is 11.5 Å². The zero-order valence-electron chi connectivity index (χ0n) is 17.4. The molecule has 0 saturated heterocycles. The topological polar surface area (TPSA) is 38.8 Å². The quantitative estimate of drug-likeness (QED) is 0.460. The smallest absolute Gasteiger partial charge is 0.247 e. The lowest BCUT2D eigenvalue weighted by Gasteiger charge is -2.29. The number of hydrogen-bond donors (Lipinski definition) is 0. The van der Waals surface area contributed by atoms with Crippen LogP contribution in [-0.4, -0.2) is 30.0 Å². The van der Waals surface area contributed by atoms with Crippen LogP contribution < -0.4 is 9.47 Å². The Morgan fingerprint density at radius 3 is 2.21 bits per heavy atom. The molecule has 2 rings (SSSR count). The summed E-state index contributed by atoms with van der Waals surface area (Å²) >= 11 is 12.4. The number of carbonyl (C=O) groups is 1. The van der Waals surface area contributed by atoms with E-state index in [4.69, 9.17) is 32.7 Å². The molecule has 156 valence electrons. The van der Waals surface area contributed by atoms with Crippen LogP contribution >= 0.6 is 23.2 Å². The van der Waals surface area contributed by atoms with E-state index in [0.717, 1.165) is 11.1 Å². The van der Waals surface area contributed by atoms with Gasteiger partial charge in [0.1, 0.15) is 6.61 Å². The molecule has 4 nitrogen and oxygen atoms in total. The van der Waals surface area contributed by atoms with Gasteiger partial charge in [-0.1, -0.05) is 35.3 Å². The van der Waals surface area contributed by atoms with Crippen LogP contribution in [0.5, 0.6) is 11.5 Å². The highest BCUT2D eigenvalue weighted by Gasteiger charge is 2.17. The average Bonchev–Trinajstić information content (AvgIpc) is 2.65. The average molecular weight is 436 g/mol. The molecule has 0 saturated carbocycles. The van der Waals surface area contributed by atoms with Crippen molar-refractivity contribution in [1.29, 1.82) is 0 Å². The fourth-order valence-electron chi connectivity index (χ4n) is 3.09. The molecule has 0 atom stereocenters. The predicted octanol–water partition coefficient (Wildman–Crippen LogP) is 6.24. The van der Waals surface area contributed by atoms with E-state index in [1.165, 1.54) is 0 Å². The Hall–Kier alpha value is -2.17. The number of amides is 1. The summed E-state index contributed by atoms with van der Waals surface area (Å²) in [5.74, 6) is 1.10. The van der Waals surface area contributed by atoms with Gasteiger partial charge >= 0.3 is 0 Å². The third kappa shape index (κ3) is 6.15. The summed E-state index contributed by atoms with van der Waals surface area (Å²) in [6.45, 7) is 8.25. The zero-order chi connectivity index (χ0) is 21.6. The van der Waals surface area contributed by atoms with Gasteiger partial charge in [-0.05, 0) is 63.6 Å². The molecule has 6 heteroatoms. The van der Waals surface area contributed by atoms with Crippen LogP contribution in [0.3, 0.4) is 0 Å². The molecule has 0 unspecified atom stereocenters. The minimum absolute atomic E-state index is 0.0253. The first-order chi connectivity index (χ1) is 13.7. The van der Waals surface area contributed by atoms with Crippen molar-refractivity contribution >= 4 is 35.2 Å². The number of benzene rings is 2. The summed E-state index contributed by atoms with van der Waals surface area (Å²) < 4.78 is 11.3. The maximum atomic E-state index is 12.5. The van der Waals surface area contributed by atoms with Crippen LogP contribution in [0, 0.1) is 0 Å². The first-order valence-electron chi connectivity index (χ1n) is 9.48. The van der Waals surface area contributed by atoms with Crippen molar-refractivity contribution in [2.75, 3.05) is 7.11 Å². The molecule has 0 radical (unpaired) electrons. The second-order valence-electron chi connectivity index (χ2n) is 7.17. The summed E-state index contributed by atoms with van der Waals surface area (Å²) in [4.78, 5) is 14.3. The molecule has 2 aromatic carbocycles. The fraction of sp³-hybridized carbons (Fsp3) is 0.348. The van der Waals surface area contributed by atoms with Crippen LogP contribution in [0.25, 0.3) is 6.08 Å². The van der Waals surface area contributed by atoms with E-state index in [9.17, 15) is 4.79 Å². The van der Waals surface area contributed by atoms with E-state index in [0.29, 0.717) is 21.5 Å². The van der Waals surface area contributed by atoms with E-state index in [1.54, 1.807) is 43.5 Å². The minimum atomic E-state index is -0.0253. The normalized spacial score (nSPS) is 11.3. The third-order valence-corrected chi connectivity index (χ3v) is 5.12. The van der Waals surface area contributed by atoms with Crippen molar-refractivity contribution in [1.82, 2.24) is 4.90 Å². The van der Waals surface area contributed by atoms with Crippen molar-refractivity contribution < 1.29 is 14.3 Å². The van der Waals surface area contributed by atoms with Gasteiger partial charge in [-0.2, -0.15) is 0 Å². The summed E-state index contributed by atoms with van der Waals surface area (Å²) in [5, 5.41) is 1.10. The lowest BCUT2D eigenvalue weighted by molar-refractivity contribution is -0.129. The lowest BCUT2D eigenvalue weighted by Crippen LogP contribution is -2.41. The van der Waals surface area contributed by atoms with Gasteiger partial charge in [0.25, 0.3) is 0 Å². The summed E-state index contributed by atoms with van der Waals surface area (Å²) in [6, 6.07) is 11.1. The Morgan fingerprint density at radius 1 is 1.03 bits per heavy atom. The van der Waals surface area contributed by atoms with E-state index in [2.05, 4.69) is 0 Å². The minimum Gasteiger partial charge on any atom is -0.493 e. The Morgan fingerprint density at radius 2 is 1.66 bits per heavy atom. The van der Waals surface area contributed by atoms with Crippen LogP contribution in [0.4, 0.5) is 0 Å². The molecule has 0 aliphatic carbocycles. The SMILES string of the molecule is COc1cc(/C=C/C(=O)N(C(C)C)C(C)C)ccc1OCc1c(Cl)cccc1Cl. The van der Waals surface area contributed by atoms with E-state index < -0.39 is 0 Å². The number of rotatable bonds is 8. The number of hydrogen-bond acceptors (Lipinski definition) is 3. The van der Waals surface area contributed by atoms with Gasteiger partial charge < -0.3 is 14.4 Å². The van der Waals surface area contributed by atoms with E-state index >= 15 is 0 Å². The number of halogens is 2. The molecule has 1 amide bonds. The van der Waals surface area contributed by atoms with Gasteiger partial charge in [0, 0.05) is 33.8 Å². The first-order valence-corrected chi connectivity index (χ1v) is 10.2. The van der Waals surface area contributed by atoms with Gasteiger partial charge in [0.05, 0.1) is 7.11 Å². The molecule has 2 aromatic rings. The fourth-order valence-corrected chi connectivity index (χ4v) is 3.59. The maximum absolute atomic E-state index is 12.5. The molecule has 0 spiro atoms. The number of ether oxygens (including phenoxy) is 2. The standard InChI is InChI=1S/C23H27Cl2NO3/c1-15(2)26(16(3)4)23(27)12-10-17-9-11-21(22(13-17)28-5)29-14-18-19(24)7-6-8-20(18)25/h6-13,15-16H,14H2,1-5H3/b12-10+. The molecular formula is C23H27Cl2NO3. The van der Waals surface area contributed by atoms with Crippen molar-refractivity contribution in [2.45, 2.75) is 46.4 Å². The Balaban J connectivity index is 2.15. The number of nitrogens with zero attached hydrogens (tertiary/aromatic N) is 1. The first kappa shape index (κ1) is 23.1. The molecular weight excluding hydrogens is 409 g/mol. The Labute approximate surface area is 183 Å². The highest BCUT2D eigenvalue weighted by molar-refractivity contribution is 6.35. The predicted molar refractivity (Wildman–Crippen MR) is 120 cm³/mol. The van der Waals surface area contributed by atoms with E-state index in [-0.39, 0.29) is 24.6 Å². The maximum Gasteiger partial charge on any atom is 0.247 e. The molecule has 0 bridgehead atoms. The van der Waals surface area contributed by atoms with Gasteiger partial charge in [0.15, 0.2) is 11.5 Å². The van der Waals surface area contributed by atoms with Gasteiger partial charge in [-0.15, -0.1) is 0 Å². The Kier molecular flexibility index (Phi) is 8.42. The molecule has 0 aliphatic rings. The highest BCUT2D eigenvalue weighted by atomic mass is 35.5. The molecule has 0 aromatic heterocycles. The van der Waals surface area contributed by atoms with Gasteiger partial charge in [-0.3, -0.25) is 4.79 Å². The highest BCUT2D eigenvalue weighted by Crippen LogP contribution is 2.31. The van der Waals surface area contributed by atoms with Gasteiger partial charge in [-0.25, -0.2) is 0 Å². The van der Waals surface area contributed by atoms with Crippen molar-refractivity contribution in [3.63, 3.8) is 0 Å². The molecule has 0 aliphatic heterocycles. The molecule has 0 heterocycles. The van der Waals surface area contributed by atoms with Crippen LogP contribution in [0.15, 0.2) is 42.5 Å².